The molecule has 0 spiro atoms. The largest absolute Gasteiger partial charge is 0.380 e. The Labute approximate surface area is 109 Å². The summed E-state index contributed by atoms with van der Waals surface area (Å²) in [5.41, 5.74) is 9.24. The predicted octanol–water partition coefficient (Wildman–Crippen LogP) is 1.72. The van der Waals surface area contributed by atoms with Gasteiger partial charge in [0.05, 0.1) is 6.61 Å². The zero-order valence-electron chi connectivity index (χ0n) is 11.0. The molecule has 0 saturated carbocycles. The summed E-state index contributed by atoms with van der Waals surface area (Å²) in [6, 6.07) is 9.74. The fraction of sp³-hybridized carbons (Fsp3) is 0.600. The van der Waals surface area contributed by atoms with Gasteiger partial charge in [0.15, 0.2) is 0 Å². The molecule has 3 unspecified atom stereocenters. The van der Waals surface area contributed by atoms with Gasteiger partial charge in [-0.1, -0.05) is 24.3 Å². The van der Waals surface area contributed by atoms with Crippen molar-refractivity contribution in [2.45, 2.75) is 37.4 Å². The quantitative estimate of drug-likeness (QED) is 0.863. The zero-order chi connectivity index (χ0) is 12.5. The topological polar surface area (TPSA) is 38.5 Å². The number of aryl methyl sites for hydroxylation is 1. The maximum absolute atomic E-state index is 6.48. The summed E-state index contributed by atoms with van der Waals surface area (Å²) in [7, 11) is 2.21. The second-order valence-corrected chi connectivity index (χ2v) is 5.51. The van der Waals surface area contributed by atoms with Crippen LogP contribution < -0.4 is 5.73 Å². The number of likely N-dealkylation sites (N-methyl/N-ethyl adjacent to an activating group) is 1. The normalized spacial score (nSPS) is 31.6. The van der Waals surface area contributed by atoms with Crippen molar-refractivity contribution in [3.8, 4) is 0 Å². The minimum Gasteiger partial charge on any atom is -0.380 e. The Balaban J connectivity index is 1.79. The van der Waals surface area contributed by atoms with Crippen LogP contribution in [0.25, 0.3) is 0 Å². The lowest BCUT2D eigenvalue weighted by atomic mass is 9.83. The van der Waals surface area contributed by atoms with Gasteiger partial charge in [-0.3, -0.25) is 4.90 Å². The van der Waals surface area contributed by atoms with Crippen LogP contribution in [0.1, 0.15) is 30.0 Å². The average molecular weight is 246 g/mol. The van der Waals surface area contributed by atoms with Gasteiger partial charge in [0.2, 0.25) is 0 Å². The molecule has 1 aromatic rings. The number of fused-ring (bicyclic) bond motifs is 1. The molecule has 1 fully saturated rings. The fourth-order valence-electron chi connectivity index (χ4n) is 3.35. The van der Waals surface area contributed by atoms with Crippen LogP contribution in [0.15, 0.2) is 24.3 Å². The Morgan fingerprint density at radius 1 is 1.28 bits per heavy atom. The Morgan fingerprint density at radius 2 is 2.11 bits per heavy atom. The fourth-order valence-corrected chi connectivity index (χ4v) is 3.35. The molecule has 3 atom stereocenters. The van der Waals surface area contributed by atoms with Gasteiger partial charge in [-0.2, -0.15) is 0 Å². The summed E-state index contributed by atoms with van der Waals surface area (Å²) < 4.78 is 5.49. The van der Waals surface area contributed by atoms with E-state index in [9.17, 15) is 0 Å². The molecule has 3 nitrogen and oxygen atoms in total. The van der Waals surface area contributed by atoms with E-state index in [1.54, 1.807) is 0 Å². The van der Waals surface area contributed by atoms with E-state index in [1.165, 1.54) is 11.1 Å². The number of rotatable bonds is 2. The van der Waals surface area contributed by atoms with Crippen molar-refractivity contribution in [2.75, 3.05) is 20.3 Å². The molecule has 98 valence electrons. The van der Waals surface area contributed by atoms with Crippen LogP contribution in [0.3, 0.4) is 0 Å². The van der Waals surface area contributed by atoms with Crippen molar-refractivity contribution in [2.24, 2.45) is 5.73 Å². The molecule has 1 saturated heterocycles. The molecule has 2 N–H and O–H groups in total. The van der Waals surface area contributed by atoms with Gasteiger partial charge in [-0.05, 0) is 37.4 Å². The second kappa shape index (κ2) is 5.00. The third-order valence-electron chi connectivity index (χ3n) is 4.54. The highest BCUT2D eigenvalue weighted by Crippen LogP contribution is 2.32. The van der Waals surface area contributed by atoms with E-state index in [0.717, 1.165) is 32.5 Å². The molecule has 3 heteroatoms. The predicted molar refractivity (Wildman–Crippen MR) is 72.5 cm³/mol. The SMILES string of the molecule is CN(C1CCOC1)C1CCc2ccccc2C1N. The molecule has 1 aliphatic heterocycles. The van der Waals surface area contributed by atoms with Gasteiger partial charge >= 0.3 is 0 Å². The first-order chi connectivity index (χ1) is 8.77. The molecular weight excluding hydrogens is 224 g/mol. The van der Waals surface area contributed by atoms with Crippen LogP contribution in [0.4, 0.5) is 0 Å². The van der Waals surface area contributed by atoms with Crippen molar-refractivity contribution in [1.82, 2.24) is 4.90 Å². The first-order valence-electron chi connectivity index (χ1n) is 6.90. The Bertz CT molecular complexity index is 415. The molecule has 0 amide bonds. The molecule has 1 heterocycles. The van der Waals surface area contributed by atoms with Gasteiger partial charge in [-0.15, -0.1) is 0 Å². The van der Waals surface area contributed by atoms with E-state index in [1.807, 2.05) is 0 Å². The Kier molecular flexibility index (Phi) is 3.37. The minimum atomic E-state index is 0.139. The lowest BCUT2D eigenvalue weighted by Gasteiger charge is -2.39. The van der Waals surface area contributed by atoms with Crippen LogP contribution in [0.2, 0.25) is 0 Å². The number of benzene rings is 1. The van der Waals surface area contributed by atoms with Gasteiger partial charge in [0.25, 0.3) is 0 Å². The highest BCUT2D eigenvalue weighted by Gasteiger charge is 2.33. The van der Waals surface area contributed by atoms with E-state index >= 15 is 0 Å². The maximum atomic E-state index is 6.48. The van der Waals surface area contributed by atoms with Crippen LogP contribution in [-0.2, 0) is 11.2 Å². The Morgan fingerprint density at radius 3 is 2.89 bits per heavy atom. The van der Waals surface area contributed by atoms with Crippen LogP contribution >= 0.6 is 0 Å². The van der Waals surface area contributed by atoms with E-state index in [4.69, 9.17) is 10.5 Å². The third kappa shape index (κ3) is 2.07. The average Bonchev–Trinajstić information content (AvgIpc) is 2.93. The summed E-state index contributed by atoms with van der Waals surface area (Å²) in [5, 5.41) is 0. The molecule has 0 bridgehead atoms. The number of hydrogen-bond acceptors (Lipinski definition) is 3. The standard InChI is InChI=1S/C15H22N2O/c1-17(12-8-9-18-10-12)14-7-6-11-4-2-3-5-13(11)15(14)16/h2-5,12,14-15H,6-10,16H2,1H3. The van der Waals surface area contributed by atoms with Gasteiger partial charge < -0.3 is 10.5 Å². The third-order valence-corrected chi connectivity index (χ3v) is 4.54. The molecule has 1 aliphatic carbocycles. The lowest BCUT2D eigenvalue weighted by Crippen LogP contribution is -2.48. The van der Waals surface area contributed by atoms with E-state index in [0.29, 0.717) is 12.1 Å². The highest BCUT2D eigenvalue weighted by atomic mass is 16.5. The smallest absolute Gasteiger partial charge is 0.0622 e. The number of hydrogen-bond donors (Lipinski definition) is 1. The van der Waals surface area contributed by atoms with Crippen LogP contribution in [0.5, 0.6) is 0 Å². The van der Waals surface area contributed by atoms with Crippen LogP contribution in [0, 0.1) is 0 Å². The molecule has 18 heavy (non-hydrogen) atoms. The van der Waals surface area contributed by atoms with Crippen molar-refractivity contribution in [1.29, 1.82) is 0 Å². The monoisotopic (exact) mass is 246 g/mol. The van der Waals surface area contributed by atoms with Gasteiger partial charge in [-0.25, -0.2) is 0 Å². The van der Waals surface area contributed by atoms with Crippen LogP contribution in [-0.4, -0.2) is 37.2 Å². The first kappa shape index (κ1) is 12.2. The molecular formula is C15H22N2O. The molecule has 3 rings (SSSR count). The number of nitrogens with two attached hydrogens (primary N) is 1. The van der Waals surface area contributed by atoms with E-state index < -0.39 is 0 Å². The minimum absolute atomic E-state index is 0.139. The number of nitrogens with zero attached hydrogens (tertiary/aromatic N) is 1. The zero-order valence-corrected chi connectivity index (χ0v) is 11.0. The number of ether oxygens (including phenoxy) is 1. The van der Waals surface area contributed by atoms with E-state index in [-0.39, 0.29) is 6.04 Å². The molecule has 0 aromatic heterocycles. The summed E-state index contributed by atoms with van der Waals surface area (Å²) in [4.78, 5) is 2.45. The molecule has 0 radical (unpaired) electrons. The van der Waals surface area contributed by atoms with Crippen molar-refractivity contribution < 1.29 is 4.74 Å². The highest BCUT2D eigenvalue weighted by molar-refractivity contribution is 5.33. The summed E-state index contributed by atoms with van der Waals surface area (Å²) >= 11 is 0. The van der Waals surface area contributed by atoms with Crippen molar-refractivity contribution in [3.05, 3.63) is 35.4 Å². The summed E-state index contributed by atoms with van der Waals surface area (Å²) in [5.74, 6) is 0. The lowest BCUT2D eigenvalue weighted by molar-refractivity contribution is 0.112. The van der Waals surface area contributed by atoms with Gasteiger partial charge in [0, 0.05) is 24.7 Å². The summed E-state index contributed by atoms with van der Waals surface area (Å²) in [6.45, 7) is 1.76. The molecule has 2 aliphatic rings. The van der Waals surface area contributed by atoms with E-state index in [2.05, 4.69) is 36.2 Å². The summed E-state index contributed by atoms with van der Waals surface area (Å²) in [6.07, 6.45) is 3.44. The maximum Gasteiger partial charge on any atom is 0.0622 e. The second-order valence-electron chi connectivity index (χ2n) is 5.51. The van der Waals surface area contributed by atoms with Gasteiger partial charge in [0.1, 0.15) is 0 Å². The van der Waals surface area contributed by atoms with Crippen molar-refractivity contribution >= 4 is 0 Å². The Hall–Kier alpha value is -0.900. The van der Waals surface area contributed by atoms with Crippen molar-refractivity contribution in [3.63, 3.8) is 0 Å². The first-order valence-corrected chi connectivity index (χ1v) is 6.90. The molecule has 1 aromatic carbocycles.